The number of carbonyl (C=O) groups excluding carboxylic acids is 1. The molecule has 0 aromatic rings. The van der Waals surface area contributed by atoms with E-state index in [-0.39, 0.29) is 11.6 Å². The molecule has 4 nitrogen and oxygen atoms in total. The quantitative estimate of drug-likeness (QED) is 0.620. The summed E-state index contributed by atoms with van der Waals surface area (Å²) in [7, 11) is 0. The Morgan fingerprint density at radius 2 is 1.89 bits per heavy atom. The van der Waals surface area contributed by atoms with Crippen LogP contribution < -0.4 is 5.73 Å². The summed E-state index contributed by atoms with van der Waals surface area (Å²) < 4.78 is 5.80. The standard InChI is InChI=1S/C14H29NO3/c1-11(8-12(15)10-16)9-14(4,5)18-7-6-13(2,3)17/h10-12,17H,6-9,15H2,1-5H3. The summed E-state index contributed by atoms with van der Waals surface area (Å²) in [4.78, 5) is 10.5. The maximum absolute atomic E-state index is 10.5. The Labute approximate surface area is 111 Å². The molecule has 108 valence electrons. The third-order valence-electron chi connectivity index (χ3n) is 2.90. The van der Waals surface area contributed by atoms with Gasteiger partial charge in [0.05, 0.1) is 23.9 Å². The van der Waals surface area contributed by atoms with Gasteiger partial charge in [0.1, 0.15) is 6.29 Å². The SMILES string of the molecule is CC(CC(N)C=O)CC(C)(C)OCCC(C)(C)O. The molecule has 0 aromatic heterocycles. The van der Waals surface area contributed by atoms with Gasteiger partial charge in [0.15, 0.2) is 0 Å². The predicted molar refractivity (Wildman–Crippen MR) is 73.4 cm³/mol. The van der Waals surface area contributed by atoms with E-state index in [2.05, 4.69) is 6.92 Å². The molecule has 0 aliphatic rings. The van der Waals surface area contributed by atoms with Crippen molar-refractivity contribution in [3.05, 3.63) is 0 Å². The fraction of sp³-hybridized carbons (Fsp3) is 0.929. The van der Waals surface area contributed by atoms with Crippen molar-refractivity contribution in [2.45, 2.75) is 71.1 Å². The fourth-order valence-electron chi connectivity index (χ4n) is 2.08. The summed E-state index contributed by atoms with van der Waals surface area (Å²) in [6.45, 7) is 10.2. The van der Waals surface area contributed by atoms with E-state index in [4.69, 9.17) is 10.5 Å². The molecule has 0 rings (SSSR count). The third-order valence-corrected chi connectivity index (χ3v) is 2.90. The second-order valence-electron chi connectivity index (χ2n) is 6.52. The van der Waals surface area contributed by atoms with Crippen molar-refractivity contribution in [3.63, 3.8) is 0 Å². The zero-order chi connectivity index (χ0) is 14.4. The minimum atomic E-state index is -0.693. The first-order valence-electron chi connectivity index (χ1n) is 6.63. The first-order chi connectivity index (χ1) is 8.06. The fourth-order valence-corrected chi connectivity index (χ4v) is 2.08. The van der Waals surface area contributed by atoms with Gasteiger partial charge in [-0.05, 0) is 52.9 Å². The smallest absolute Gasteiger partial charge is 0.136 e. The molecule has 0 fully saturated rings. The summed E-state index contributed by atoms with van der Waals surface area (Å²) in [6.07, 6.45) is 2.93. The molecule has 0 spiro atoms. The zero-order valence-corrected chi connectivity index (χ0v) is 12.4. The van der Waals surface area contributed by atoms with Crippen LogP contribution in [0.5, 0.6) is 0 Å². The van der Waals surface area contributed by atoms with E-state index >= 15 is 0 Å². The van der Waals surface area contributed by atoms with Gasteiger partial charge in [0.2, 0.25) is 0 Å². The Hall–Kier alpha value is -0.450. The normalized spacial score (nSPS) is 16.4. The highest BCUT2D eigenvalue weighted by molar-refractivity contribution is 5.56. The van der Waals surface area contributed by atoms with Gasteiger partial charge in [-0.3, -0.25) is 0 Å². The minimum Gasteiger partial charge on any atom is -0.390 e. The van der Waals surface area contributed by atoms with Gasteiger partial charge in [0.25, 0.3) is 0 Å². The highest BCUT2D eigenvalue weighted by atomic mass is 16.5. The Morgan fingerprint density at radius 3 is 2.33 bits per heavy atom. The molecular weight excluding hydrogens is 230 g/mol. The van der Waals surface area contributed by atoms with E-state index in [1.54, 1.807) is 13.8 Å². The maximum atomic E-state index is 10.5. The molecule has 4 heteroatoms. The largest absolute Gasteiger partial charge is 0.390 e. The molecular formula is C14H29NO3. The van der Waals surface area contributed by atoms with E-state index in [0.717, 1.165) is 12.7 Å². The van der Waals surface area contributed by atoms with Gasteiger partial charge in [-0.2, -0.15) is 0 Å². The molecule has 0 bridgehead atoms. The molecule has 18 heavy (non-hydrogen) atoms. The summed E-state index contributed by atoms with van der Waals surface area (Å²) in [5.74, 6) is 0.335. The monoisotopic (exact) mass is 259 g/mol. The average Bonchev–Trinajstić information content (AvgIpc) is 2.13. The molecule has 0 amide bonds. The summed E-state index contributed by atoms with van der Waals surface area (Å²) in [5, 5.41) is 9.61. The van der Waals surface area contributed by atoms with Crippen LogP contribution in [0.2, 0.25) is 0 Å². The Kier molecular flexibility index (Phi) is 7.04. The lowest BCUT2D eigenvalue weighted by Gasteiger charge is -2.30. The van der Waals surface area contributed by atoms with E-state index in [1.807, 2.05) is 13.8 Å². The summed E-state index contributed by atoms with van der Waals surface area (Å²) in [6, 6.07) is -0.382. The zero-order valence-electron chi connectivity index (χ0n) is 12.4. The molecule has 2 atom stereocenters. The van der Waals surface area contributed by atoms with Crippen LogP contribution in [0.25, 0.3) is 0 Å². The number of nitrogens with two attached hydrogens (primary N) is 1. The van der Waals surface area contributed by atoms with Crippen LogP contribution in [0, 0.1) is 5.92 Å². The number of ether oxygens (including phenoxy) is 1. The van der Waals surface area contributed by atoms with E-state index < -0.39 is 5.60 Å². The average molecular weight is 259 g/mol. The molecule has 3 N–H and O–H groups in total. The van der Waals surface area contributed by atoms with Gasteiger partial charge < -0.3 is 20.4 Å². The van der Waals surface area contributed by atoms with Crippen molar-refractivity contribution < 1.29 is 14.6 Å². The number of aliphatic hydroxyl groups is 1. The summed E-state index contributed by atoms with van der Waals surface area (Å²) in [5.41, 5.74) is 4.66. The Morgan fingerprint density at radius 1 is 1.33 bits per heavy atom. The van der Waals surface area contributed by atoms with Gasteiger partial charge in [-0.25, -0.2) is 0 Å². The predicted octanol–water partition coefficient (Wildman–Crippen LogP) is 1.89. The van der Waals surface area contributed by atoms with Crippen LogP contribution >= 0.6 is 0 Å². The lowest BCUT2D eigenvalue weighted by molar-refractivity contribution is -0.109. The molecule has 0 aliphatic heterocycles. The first-order valence-corrected chi connectivity index (χ1v) is 6.63. The Bertz CT molecular complexity index is 246. The molecule has 0 heterocycles. The van der Waals surface area contributed by atoms with Crippen LogP contribution in [0.3, 0.4) is 0 Å². The van der Waals surface area contributed by atoms with Crippen LogP contribution in [-0.4, -0.2) is 35.2 Å². The molecule has 0 aliphatic carbocycles. The lowest BCUT2D eigenvalue weighted by atomic mass is 9.90. The number of hydrogen-bond donors (Lipinski definition) is 2. The number of rotatable bonds is 9. The molecule has 0 aromatic carbocycles. The van der Waals surface area contributed by atoms with E-state index in [9.17, 15) is 9.90 Å². The number of aldehydes is 1. The van der Waals surface area contributed by atoms with E-state index in [0.29, 0.717) is 25.4 Å². The topological polar surface area (TPSA) is 72.6 Å². The molecule has 2 unspecified atom stereocenters. The highest BCUT2D eigenvalue weighted by Crippen LogP contribution is 2.24. The third kappa shape index (κ3) is 9.57. The summed E-state index contributed by atoms with van der Waals surface area (Å²) >= 11 is 0. The second-order valence-corrected chi connectivity index (χ2v) is 6.52. The first kappa shape index (κ1) is 17.6. The van der Waals surface area contributed by atoms with Gasteiger partial charge in [-0.15, -0.1) is 0 Å². The lowest BCUT2D eigenvalue weighted by Crippen LogP contribution is -2.32. The van der Waals surface area contributed by atoms with Crippen LogP contribution in [0.4, 0.5) is 0 Å². The Balaban J connectivity index is 4.02. The van der Waals surface area contributed by atoms with Crippen molar-refractivity contribution in [3.8, 4) is 0 Å². The molecule has 0 saturated heterocycles. The molecule has 0 radical (unpaired) electrons. The van der Waals surface area contributed by atoms with Crippen molar-refractivity contribution >= 4 is 6.29 Å². The van der Waals surface area contributed by atoms with Crippen LogP contribution in [0.15, 0.2) is 0 Å². The van der Waals surface area contributed by atoms with Crippen LogP contribution in [-0.2, 0) is 9.53 Å². The highest BCUT2D eigenvalue weighted by Gasteiger charge is 2.24. The van der Waals surface area contributed by atoms with Gasteiger partial charge in [-0.1, -0.05) is 6.92 Å². The number of carbonyl (C=O) groups is 1. The van der Waals surface area contributed by atoms with Crippen molar-refractivity contribution in [2.75, 3.05) is 6.61 Å². The van der Waals surface area contributed by atoms with E-state index in [1.165, 1.54) is 0 Å². The second kappa shape index (κ2) is 7.22. The molecule has 0 saturated carbocycles. The van der Waals surface area contributed by atoms with Crippen molar-refractivity contribution in [1.29, 1.82) is 0 Å². The van der Waals surface area contributed by atoms with Gasteiger partial charge in [0, 0.05) is 0 Å². The minimum absolute atomic E-state index is 0.257. The van der Waals surface area contributed by atoms with Crippen molar-refractivity contribution in [1.82, 2.24) is 0 Å². The van der Waals surface area contributed by atoms with Crippen molar-refractivity contribution in [2.24, 2.45) is 11.7 Å². The van der Waals surface area contributed by atoms with Crippen LogP contribution in [0.1, 0.15) is 53.9 Å². The van der Waals surface area contributed by atoms with Gasteiger partial charge >= 0.3 is 0 Å². The number of hydrogen-bond acceptors (Lipinski definition) is 4. The maximum Gasteiger partial charge on any atom is 0.136 e.